The topological polar surface area (TPSA) is 79.5 Å². The van der Waals surface area contributed by atoms with Crippen molar-refractivity contribution < 1.29 is 19.1 Å². The average molecular weight is 303 g/mol. The van der Waals surface area contributed by atoms with Gasteiger partial charge in [-0.05, 0) is 36.8 Å². The van der Waals surface area contributed by atoms with Crippen molar-refractivity contribution in [1.82, 2.24) is 5.32 Å². The Labute approximate surface area is 120 Å². The molecule has 0 aliphatic heterocycles. The first-order valence-electron chi connectivity index (χ1n) is 5.68. The maximum absolute atomic E-state index is 11.9. The molecular formula is C12H17NO4S2. The molecule has 1 atom stereocenters. The van der Waals surface area contributed by atoms with Crippen LogP contribution in [0, 0.1) is 0 Å². The Morgan fingerprint density at radius 1 is 1.37 bits per heavy atom. The largest absolute Gasteiger partial charge is 0.480 e. The smallest absolute Gasteiger partial charge is 0.326 e. The van der Waals surface area contributed by atoms with Crippen LogP contribution < -0.4 is 5.32 Å². The van der Waals surface area contributed by atoms with Gasteiger partial charge in [0.15, 0.2) is 5.76 Å². The van der Waals surface area contributed by atoms with Crippen LogP contribution in [-0.2, 0) is 10.5 Å². The summed E-state index contributed by atoms with van der Waals surface area (Å²) in [6.45, 7) is 0. The predicted molar refractivity (Wildman–Crippen MR) is 77.8 cm³/mol. The molecule has 5 nitrogen and oxygen atoms in total. The number of carbonyl (C=O) groups is 2. The highest BCUT2D eigenvalue weighted by atomic mass is 32.2. The van der Waals surface area contributed by atoms with Gasteiger partial charge in [0.2, 0.25) is 0 Å². The molecule has 0 unspecified atom stereocenters. The number of carboxylic acids is 1. The van der Waals surface area contributed by atoms with Crippen molar-refractivity contribution in [1.29, 1.82) is 0 Å². The maximum Gasteiger partial charge on any atom is 0.326 e. The zero-order valence-corrected chi connectivity index (χ0v) is 12.5. The van der Waals surface area contributed by atoms with Gasteiger partial charge in [0.25, 0.3) is 5.91 Å². The fourth-order valence-electron chi connectivity index (χ4n) is 1.44. The first-order chi connectivity index (χ1) is 9.08. The van der Waals surface area contributed by atoms with E-state index in [2.05, 4.69) is 5.32 Å². The highest BCUT2D eigenvalue weighted by Gasteiger charge is 2.21. The fourth-order valence-corrected chi connectivity index (χ4v) is 2.35. The van der Waals surface area contributed by atoms with E-state index in [1.165, 1.54) is 0 Å². The molecule has 106 valence electrons. The number of thioether (sulfide) groups is 2. The Morgan fingerprint density at radius 2 is 2.11 bits per heavy atom. The molecule has 1 aromatic rings. The molecule has 0 aliphatic carbocycles. The normalized spacial score (nSPS) is 12.1. The number of carbonyl (C=O) groups excluding carboxylic acids is 1. The number of hydrogen-bond acceptors (Lipinski definition) is 5. The molecule has 0 radical (unpaired) electrons. The summed E-state index contributed by atoms with van der Waals surface area (Å²) in [6, 6.07) is 2.41. The Balaban J connectivity index is 2.62. The number of furan rings is 1. The van der Waals surface area contributed by atoms with Gasteiger partial charge in [-0.25, -0.2) is 4.79 Å². The molecule has 19 heavy (non-hydrogen) atoms. The second-order valence-electron chi connectivity index (χ2n) is 3.84. The molecule has 1 amide bonds. The quantitative estimate of drug-likeness (QED) is 0.765. The lowest BCUT2D eigenvalue weighted by Crippen LogP contribution is -2.41. The average Bonchev–Trinajstić information content (AvgIpc) is 2.83. The lowest BCUT2D eigenvalue weighted by atomic mass is 10.2. The molecule has 0 aliphatic rings. The molecule has 2 N–H and O–H groups in total. The fraction of sp³-hybridized carbons (Fsp3) is 0.500. The van der Waals surface area contributed by atoms with Gasteiger partial charge in [-0.3, -0.25) is 4.79 Å². The third-order valence-corrected chi connectivity index (χ3v) is 3.60. The summed E-state index contributed by atoms with van der Waals surface area (Å²) in [4.78, 5) is 22.9. The van der Waals surface area contributed by atoms with Gasteiger partial charge in [-0.1, -0.05) is 0 Å². The number of aliphatic carboxylic acids is 1. The third-order valence-electron chi connectivity index (χ3n) is 2.39. The van der Waals surface area contributed by atoms with E-state index in [-0.39, 0.29) is 5.76 Å². The first kappa shape index (κ1) is 16.0. The predicted octanol–water partition coefficient (Wildman–Crippen LogP) is 2.08. The number of amides is 1. The Hall–Kier alpha value is -1.08. The van der Waals surface area contributed by atoms with Crippen LogP contribution in [-0.4, -0.2) is 41.3 Å². The lowest BCUT2D eigenvalue weighted by Gasteiger charge is -2.12. The summed E-state index contributed by atoms with van der Waals surface area (Å²) in [5.74, 6) is 0.696. The summed E-state index contributed by atoms with van der Waals surface area (Å²) in [5.41, 5.74) is 0. The SMILES string of the molecule is CSCC[C@@H](NC(=O)c1ccc(CSC)o1)C(=O)O. The minimum absolute atomic E-state index is 0.152. The molecule has 0 fully saturated rings. The van der Waals surface area contributed by atoms with E-state index in [9.17, 15) is 9.59 Å². The highest BCUT2D eigenvalue weighted by Crippen LogP contribution is 2.13. The van der Waals surface area contributed by atoms with Crippen molar-refractivity contribution in [3.63, 3.8) is 0 Å². The van der Waals surface area contributed by atoms with Gasteiger partial charge in [0.05, 0.1) is 5.75 Å². The van der Waals surface area contributed by atoms with Crippen LogP contribution in [0.1, 0.15) is 22.7 Å². The van der Waals surface area contributed by atoms with Gasteiger partial charge >= 0.3 is 5.97 Å². The lowest BCUT2D eigenvalue weighted by molar-refractivity contribution is -0.139. The van der Waals surface area contributed by atoms with E-state index in [0.717, 1.165) is 0 Å². The van der Waals surface area contributed by atoms with E-state index in [0.29, 0.717) is 23.7 Å². The minimum Gasteiger partial charge on any atom is -0.480 e. The van der Waals surface area contributed by atoms with Gasteiger partial charge in [0.1, 0.15) is 11.8 Å². The molecule has 0 bridgehead atoms. The number of hydrogen-bond donors (Lipinski definition) is 2. The van der Waals surface area contributed by atoms with Crippen LogP contribution >= 0.6 is 23.5 Å². The molecular weight excluding hydrogens is 286 g/mol. The minimum atomic E-state index is -1.03. The molecule has 0 aromatic carbocycles. The van der Waals surface area contributed by atoms with Gasteiger partial charge in [-0.15, -0.1) is 0 Å². The molecule has 0 saturated heterocycles. The van der Waals surface area contributed by atoms with E-state index < -0.39 is 17.9 Å². The van der Waals surface area contributed by atoms with Crippen molar-refractivity contribution in [2.75, 3.05) is 18.3 Å². The maximum atomic E-state index is 11.9. The number of carboxylic acid groups (broad SMARTS) is 1. The van der Waals surface area contributed by atoms with Crippen LogP contribution in [0.15, 0.2) is 16.5 Å². The summed E-state index contributed by atoms with van der Waals surface area (Å²) in [6.07, 6.45) is 4.22. The van der Waals surface area contributed by atoms with E-state index in [1.807, 2.05) is 12.5 Å². The van der Waals surface area contributed by atoms with E-state index >= 15 is 0 Å². The third kappa shape index (κ3) is 5.20. The molecule has 0 spiro atoms. The summed E-state index contributed by atoms with van der Waals surface area (Å²) >= 11 is 3.13. The van der Waals surface area contributed by atoms with Crippen molar-refractivity contribution in [2.24, 2.45) is 0 Å². The molecule has 1 heterocycles. The number of nitrogens with one attached hydrogen (secondary N) is 1. The molecule has 7 heteroatoms. The second kappa shape index (κ2) is 8.16. The monoisotopic (exact) mass is 303 g/mol. The van der Waals surface area contributed by atoms with Crippen molar-refractivity contribution in [2.45, 2.75) is 18.2 Å². The van der Waals surface area contributed by atoms with Crippen molar-refractivity contribution in [3.8, 4) is 0 Å². The zero-order chi connectivity index (χ0) is 14.3. The van der Waals surface area contributed by atoms with Crippen LogP contribution in [0.2, 0.25) is 0 Å². The summed E-state index contributed by atoms with van der Waals surface area (Å²) in [7, 11) is 0. The zero-order valence-electron chi connectivity index (χ0n) is 10.8. The second-order valence-corrected chi connectivity index (χ2v) is 5.70. The van der Waals surface area contributed by atoms with Crippen LogP contribution in [0.3, 0.4) is 0 Å². The van der Waals surface area contributed by atoms with Crippen LogP contribution in [0.4, 0.5) is 0 Å². The first-order valence-corrected chi connectivity index (χ1v) is 8.47. The molecule has 1 rings (SSSR count). The van der Waals surface area contributed by atoms with Crippen LogP contribution in [0.5, 0.6) is 0 Å². The number of rotatable bonds is 8. The standard InChI is InChI=1S/C12H17NO4S2/c1-18-6-5-9(12(15)16)13-11(14)10-4-3-8(17-10)7-19-2/h3-4,9H,5-7H2,1-2H3,(H,13,14)(H,15,16)/t9-/m1/s1. The van der Waals surface area contributed by atoms with Crippen LogP contribution in [0.25, 0.3) is 0 Å². The van der Waals surface area contributed by atoms with E-state index in [4.69, 9.17) is 9.52 Å². The van der Waals surface area contributed by atoms with Gasteiger partial charge in [0, 0.05) is 0 Å². The Morgan fingerprint density at radius 3 is 2.68 bits per heavy atom. The van der Waals surface area contributed by atoms with Crippen molar-refractivity contribution in [3.05, 3.63) is 23.7 Å². The van der Waals surface area contributed by atoms with E-state index in [1.54, 1.807) is 35.7 Å². The van der Waals surface area contributed by atoms with Crippen molar-refractivity contribution >= 4 is 35.4 Å². The molecule has 0 saturated carbocycles. The van der Waals surface area contributed by atoms with Gasteiger partial charge in [-0.2, -0.15) is 23.5 Å². The Bertz CT molecular complexity index is 433. The highest BCUT2D eigenvalue weighted by molar-refractivity contribution is 7.98. The molecule has 1 aromatic heterocycles. The summed E-state index contributed by atoms with van der Waals surface area (Å²) < 4.78 is 5.34. The van der Waals surface area contributed by atoms with Gasteiger partial charge < -0.3 is 14.8 Å². The Kier molecular flexibility index (Phi) is 6.86. The summed E-state index contributed by atoms with van der Waals surface area (Å²) in [5, 5.41) is 11.5.